The lowest BCUT2D eigenvalue weighted by molar-refractivity contribution is -0.309. The molecule has 0 unspecified atom stereocenters. The number of fused-ring (bicyclic) bond motifs is 1. The summed E-state index contributed by atoms with van der Waals surface area (Å²) < 4.78 is 1.11. The third-order valence-corrected chi connectivity index (χ3v) is 4.65. The summed E-state index contributed by atoms with van der Waals surface area (Å²) in [6.07, 6.45) is 1.27. The number of thiophene rings is 1. The summed E-state index contributed by atoms with van der Waals surface area (Å²) in [4.78, 5) is 29.6. The van der Waals surface area contributed by atoms with Crippen molar-refractivity contribution in [2.24, 2.45) is 0 Å². The van der Waals surface area contributed by atoms with E-state index in [4.69, 9.17) is 0 Å². The smallest absolute Gasteiger partial charge is 0.263 e. The molecule has 22 heavy (non-hydrogen) atoms. The van der Waals surface area contributed by atoms with Gasteiger partial charge in [-0.3, -0.25) is 9.36 Å². The standard InChI is InChI=1S/C16H14N2O3S/c1-9(16(20)21)18-8-17-14-13(15(18)19)12(10(2)22-14)11-6-4-3-5-7-11/h3-9H,1-2H3,(H,20,21)/p-1/t9-/m1/s1. The minimum Gasteiger partial charge on any atom is -0.548 e. The van der Waals surface area contributed by atoms with Crippen molar-refractivity contribution in [2.45, 2.75) is 19.9 Å². The van der Waals surface area contributed by atoms with Gasteiger partial charge >= 0.3 is 0 Å². The van der Waals surface area contributed by atoms with Crippen molar-refractivity contribution in [1.82, 2.24) is 9.55 Å². The van der Waals surface area contributed by atoms with Gasteiger partial charge in [-0.1, -0.05) is 30.3 Å². The molecule has 0 N–H and O–H groups in total. The van der Waals surface area contributed by atoms with Crippen molar-refractivity contribution >= 4 is 27.5 Å². The van der Waals surface area contributed by atoms with Crippen LogP contribution in [0, 0.1) is 6.92 Å². The molecule has 0 saturated heterocycles. The first-order valence-electron chi connectivity index (χ1n) is 6.77. The fourth-order valence-corrected chi connectivity index (χ4v) is 3.46. The summed E-state index contributed by atoms with van der Waals surface area (Å²) in [5, 5.41) is 11.5. The average molecular weight is 313 g/mol. The molecule has 6 heteroatoms. The van der Waals surface area contributed by atoms with Gasteiger partial charge in [-0.2, -0.15) is 0 Å². The van der Waals surface area contributed by atoms with Crippen molar-refractivity contribution in [2.75, 3.05) is 0 Å². The summed E-state index contributed by atoms with van der Waals surface area (Å²) in [6, 6.07) is 8.49. The Bertz CT molecular complexity index is 912. The Morgan fingerprint density at radius 2 is 2.00 bits per heavy atom. The van der Waals surface area contributed by atoms with Crippen LogP contribution in [0.25, 0.3) is 21.3 Å². The molecule has 112 valence electrons. The predicted octanol–water partition coefficient (Wildman–Crippen LogP) is 1.74. The van der Waals surface area contributed by atoms with Gasteiger partial charge in [0.25, 0.3) is 5.56 Å². The van der Waals surface area contributed by atoms with E-state index in [1.807, 2.05) is 37.3 Å². The molecule has 0 aliphatic heterocycles. The fourth-order valence-electron chi connectivity index (χ4n) is 2.46. The monoisotopic (exact) mass is 313 g/mol. The molecule has 0 amide bonds. The SMILES string of the molecule is Cc1sc2ncn([C@H](C)C(=O)[O-])c(=O)c2c1-c1ccccc1. The molecular weight excluding hydrogens is 300 g/mol. The molecule has 1 atom stereocenters. The van der Waals surface area contributed by atoms with Gasteiger partial charge in [0.2, 0.25) is 0 Å². The van der Waals surface area contributed by atoms with E-state index in [0.29, 0.717) is 10.2 Å². The second-order valence-electron chi connectivity index (χ2n) is 5.03. The number of carbonyl (C=O) groups excluding carboxylic acids is 1. The highest BCUT2D eigenvalue weighted by Gasteiger charge is 2.18. The molecule has 0 bridgehead atoms. The average Bonchev–Trinajstić information content (AvgIpc) is 2.85. The minimum absolute atomic E-state index is 0.357. The van der Waals surface area contributed by atoms with Crippen molar-refractivity contribution in [1.29, 1.82) is 0 Å². The fraction of sp³-hybridized carbons (Fsp3) is 0.188. The number of carboxylic acids is 1. The van der Waals surface area contributed by atoms with E-state index in [2.05, 4.69) is 4.98 Å². The number of aliphatic carboxylic acids is 1. The Hall–Kier alpha value is -2.47. The molecule has 3 rings (SSSR count). The number of aromatic nitrogens is 2. The summed E-state index contributed by atoms with van der Waals surface area (Å²) in [7, 11) is 0. The maximum Gasteiger partial charge on any atom is 0.263 e. The van der Waals surface area contributed by atoms with Crippen LogP contribution < -0.4 is 10.7 Å². The number of carbonyl (C=O) groups is 1. The molecular formula is C16H13N2O3S-. The van der Waals surface area contributed by atoms with Crippen molar-refractivity contribution in [3.8, 4) is 11.1 Å². The van der Waals surface area contributed by atoms with Gasteiger partial charge in [0.05, 0.1) is 23.7 Å². The highest BCUT2D eigenvalue weighted by atomic mass is 32.1. The van der Waals surface area contributed by atoms with Gasteiger partial charge in [0.15, 0.2) is 0 Å². The van der Waals surface area contributed by atoms with Gasteiger partial charge < -0.3 is 9.90 Å². The Labute approximate surface area is 130 Å². The van der Waals surface area contributed by atoms with E-state index in [1.165, 1.54) is 24.6 Å². The van der Waals surface area contributed by atoms with Crippen LogP contribution in [0.3, 0.4) is 0 Å². The van der Waals surface area contributed by atoms with Crippen LogP contribution in [-0.4, -0.2) is 15.5 Å². The second-order valence-corrected chi connectivity index (χ2v) is 6.23. The topological polar surface area (TPSA) is 75.0 Å². The normalized spacial score (nSPS) is 12.5. The number of rotatable bonds is 3. The largest absolute Gasteiger partial charge is 0.548 e. The van der Waals surface area contributed by atoms with Crippen LogP contribution in [0.15, 0.2) is 41.5 Å². The van der Waals surface area contributed by atoms with Crippen LogP contribution in [-0.2, 0) is 4.79 Å². The van der Waals surface area contributed by atoms with E-state index in [1.54, 1.807) is 0 Å². The van der Waals surface area contributed by atoms with E-state index in [-0.39, 0.29) is 5.56 Å². The lowest BCUT2D eigenvalue weighted by Gasteiger charge is -2.15. The first kappa shape index (κ1) is 14.5. The number of hydrogen-bond acceptors (Lipinski definition) is 5. The van der Waals surface area contributed by atoms with Crippen LogP contribution >= 0.6 is 11.3 Å². The summed E-state index contributed by atoms with van der Waals surface area (Å²) >= 11 is 1.43. The zero-order valence-corrected chi connectivity index (χ0v) is 12.9. The number of nitrogens with zero attached hydrogens (tertiary/aromatic N) is 2. The molecule has 0 saturated carbocycles. The van der Waals surface area contributed by atoms with E-state index in [0.717, 1.165) is 20.6 Å². The number of aryl methyl sites for hydroxylation is 1. The van der Waals surface area contributed by atoms with Gasteiger partial charge in [0, 0.05) is 10.4 Å². The quantitative estimate of drug-likeness (QED) is 0.738. The van der Waals surface area contributed by atoms with E-state index >= 15 is 0 Å². The Morgan fingerprint density at radius 3 is 2.64 bits per heavy atom. The maximum absolute atomic E-state index is 12.7. The van der Waals surface area contributed by atoms with Gasteiger partial charge in [0.1, 0.15) is 4.83 Å². The summed E-state index contributed by atoms with van der Waals surface area (Å²) in [6.45, 7) is 3.34. The molecule has 1 aromatic carbocycles. The minimum atomic E-state index is -1.31. The molecule has 0 aliphatic carbocycles. The van der Waals surface area contributed by atoms with Gasteiger partial charge in [-0.15, -0.1) is 11.3 Å². The van der Waals surface area contributed by atoms with E-state index in [9.17, 15) is 14.7 Å². The first-order chi connectivity index (χ1) is 10.5. The van der Waals surface area contributed by atoms with Crippen LogP contribution in [0.1, 0.15) is 17.8 Å². The second kappa shape index (κ2) is 5.38. The Balaban J connectivity index is 2.35. The molecule has 2 aromatic heterocycles. The molecule has 3 aromatic rings. The number of carboxylic acid groups (broad SMARTS) is 1. The Kier molecular flexibility index (Phi) is 3.54. The molecule has 0 fully saturated rings. The maximum atomic E-state index is 12.7. The highest BCUT2D eigenvalue weighted by molar-refractivity contribution is 7.19. The number of benzene rings is 1. The van der Waals surface area contributed by atoms with Crippen LogP contribution in [0.5, 0.6) is 0 Å². The first-order valence-corrected chi connectivity index (χ1v) is 7.59. The van der Waals surface area contributed by atoms with Gasteiger partial charge in [-0.25, -0.2) is 4.98 Å². The van der Waals surface area contributed by atoms with Crippen molar-refractivity contribution in [3.05, 3.63) is 51.9 Å². The number of hydrogen-bond donors (Lipinski definition) is 0. The lowest BCUT2D eigenvalue weighted by atomic mass is 10.0. The molecule has 2 heterocycles. The summed E-state index contributed by atoms with van der Waals surface area (Å²) in [5.41, 5.74) is 1.38. The van der Waals surface area contributed by atoms with E-state index < -0.39 is 12.0 Å². The zero-order chi connectivity index (χ0) is 15.9. The molecule has 5 nitrogen and oxygen atoms in total. The van der Waals surface area contributed by atoms with Crippen molar-refractivity contribution in [3.63, 3.8) is 0 Å². The lowest BCUT2D eigenvalue weighted by Crippen LogP contribution is -2.36. The molecule has 0 aliphatic rings. The third-order valence-electron chi connectivity index (χ3n) is 3.63. The molecule has 0 spiro atoms. The van der Waals surface area contributed by atoms with Crippen LogP contribution in [0.4, 0.5) is 0 Å². The predicted molar refractivity (Wildman–Crippen MR) is 83.8 cm³/mol. The zero-order valence-electron chi connectivity index (χ0n) is 12.1. The van der Waals surface area contributed by atoms with Crippen LogP contribution in [0.2, 0.25) is 0 Å². The van der Waals surface area contributed by atoms with Gasteiger partial charge in [-0.05, 0) is 19.4 Å². The van der Waals surface area contributed by atoms with Crippen molar-refractivity contribution < 1.29 is 9.90 Å². The highest BCUT2D eigenvalue weighted by Crippen LogP contribution is 2.35. The third kappa shape index (κ3) is 2.21. The Morgan fingerprint density at radius 1 is 1.32 bits per heavy atom. The summed E-state index contributed by atoms with van der Waals surface area (Å²) in [5.74, 6) is -1.31. The molecule has 0 radical (unpaired) electrons.